The molecule has 0 aromatic heterocycles. The molecule has 0 aliphatic carbocycles. The number of carbonyl (C=O) groups is 1. The lowest BCUT2D eigenvalue weighted by atomic mass is 10.0. The van der Waals surface area contributed by atoms with Gasteiger partial charge in [-0.05, 0) is 33.1 Å². The molecule has 0 saturated heterocycles. The number of ether oxygens (including phenoxy) is 1. The third kappa shape index (κ3) is 4.78. The van der Waals surface area contributed by atoms with Crippen molar-refractivity contribution in [1.82, 2.24) is 0 Å². The second-order valence-corrected chi connectivity index (χ2v) is 12.9. The standard InChI is InChI=1S/C26H29FO3Si/c1-26(2,3)31(22-11-7-5-8-12-22,23-13-9-6-10-14-23)30-19-24(25(28)29-4)20-15-17-21(27)18-16-20/h5-18,24H,19H2,1-4H3. The van der Waals surface area contributed by atoms with E-state index in [0.29, 0.717) is 5.56 Å². The molecule has 0 aliphatic heterocycles. The maximum Gasteiger partial charge on any atom is 0.315 e. The molecule has 0 bridgehead atoms. The highest BCUT2D eigenvalue weighted by molar-refractivity contribution is 6.99. The lowest BCUT2D eigenvalue weighted by Gasteiger charge is -2.43. The van der Waals surface area contributed by atoms with Gasteiger partial charge in [-0.3, -0.25) is 4.79 Å². The van der Waals surface area contributed by atoms with Crippen LogP contribution in [0.3, 0.4) is 0 Å². The summed E-state index contributed by atoms with van der Waals surface area (Å²) >= 11 is 0. The zero-order chi connectivity index (χ0) is 22.5. The molecule has 3 nitrogen and oxygen atoms in total. The lowest BCUT2D eigenvalue weighted by Crippen LogP contribution is -2.67. The number of hydrogen-bond donors (Lipinski definition) is 0. The van der Waals surface area contributed by atoms with Gasteiger partial charge >= 0.3 is 5.97 Å². The quantitative estimate of drug-likeness (QED) is 0.399. The van der Waals surface area contributed by atoms with E-state index >= 15 is 0 Å². The normalized spacial score (nSPS) is 12.9. The summed E-state index contributed by atoms with van der Waals surface area (Å²) in [5.41, 5.74) is 0.672. The Kier molecular flexibility index (Phi) is 7.08. The van der Waals surface area contributed by atoms with Crippen molar-refractivity contribution in [3.05, 3.63) is 96.3 Å². The Morgan fingerprint density at radius 1 is 0.871 bits per heavy atom. The highest BCUT2D eigenvalue weighted by atomic mass is 28.4. The van der Waals surface area contributed by atoms with Crippen LogP contribution in [0.1, 0.15) is 32.3 Å². The van der Waals surface area contributed by atoms with E-state index in [2.05, 4.69) is 45.0 Å². The Balaban J connectivity index is 2.09. The summed E-state index contributed by atoms with van der Waals surface area (Å²) in [7, 11) is -1.43. The van der Waals surface area contributed by atoms with Crippen LogP contribution in [0.15, 0.2) is 84.9 Å². The fourth-order valence-corrected chi connectivity index (χ4v) is 8.68. The molecular weight excluding hydrogens is 407 g/mol. The number of esters is 1. The molecule has 162 valence electrons. The molecule has 5 heteroatoms. The van der Waals surface area contributed by atoms with Crippen LogP contribution in [-0.2, 0) is 14.0 Å². The zero-order valence-corrected chi connectivity index (χ0v) is 19.5. The molecule has 1 unspecified atom stereocenters. The monoisotopic (exact) mass is 436 g/mol. The first kappa shape index (κ1) is 22.9. The molecule has 0 radical (unpaired) electrons. The molecule has 31 heavy (non-hydrogen) atoms. The fraction of sp³-hybridized carbons (Fsp3) is 0.269. The average molecular weight is 437 g/mol. The summed E-state index contributed by atoms with van der Waals surface area (Å²) in [5.74, 6) is -1.39. The Bertz CT molecular complexity index is 943. The van der Waals surface area contributed by atoms with Gasteiger partial charge in [0.25, 0.3) is 8.32 Å². The number of carbonyl (C=O) groups excluding carboxylic acids is 1. The number of benzene rings is 3. The number of rotatable bonds is 7. The van der Waals surface area contributed by atoms with E-state index in [1.807, 2.05) is 36.4 Å². The molecule has 0 aliphatic rings. The van der Waals surface area contributed by atoms with Gasteiger partial charge in [0.05, 0.1) is 13.7 Å². The van der Waals surface area contributed by atoms with Crippen molar-refractivity contribution in [1.29, 1.82) is 0 Å². The van der Waals surface area contributed by atoms with E-state index in [4.69, 9.17) is 9.16 Å². The maximum absolute atomic E-state index is 13.5. The van der Waals surface area contributed by atoms with Gasteiger partial charge < -0.3 is 9.16 Å². The molecule has 0 heterocycles. The summed E-state index contributed by atoms with van der Waals surface area (Å²) < 4.78 is 25.4. The fourth-order valence-electron chi connectivity index (χ4n) is 4.11. The second-order valence-electron chi connectivity index (χ2n) is 8.60. The number of halogens is 1. The van der Waals surface area contributed by atoms with Gasteiger partial charge in [-0.2, -0.15) is 0 Å². The first-order valence-corrected chi connectivity index (χ1v) is 12.3. The topological polar surface area (TPSA) is 35.5 Å². The van der Waals surface area contributed by atoms with Gasteiger partial charge in [-0.15, -0.1) is 0 Å². The summed E-state index contributed by atoms with van der Waals surface area (Å²) in [4.78, 5) is 12.7. The Morgan fingerprint density at radius 3 is 1.77 bits per heavy atom. The number of hydrogen-bond acceptors (Lipinski definition) is 3. The second kappa shape index (κ2) is 9.58. The Hall–Kier alpha value is -2.76. The van der Waals surface area contributed by atoms with Gasteiger partial charge in [0.2, 0.25) is 0 Å². The molecule has 0 saturated carbocycles. The van der Waals surface area contributed by atoms with Crippen molar-refractivity contribution in [2.45, 2.75) is 31.7 Å². The average Bonchev–Trinajstić information content (AvgIpc) is 2.77. The van der Waals surface area contributed by atoms with Crippen LogP contribution >= 0.6 is 0 Å². The molecule has 3 aromatic carbocycles. The largest absolute Gasteiger partial charge is 0.468 e. The summed E-state index contributed by atoms with van der Waals surface area (Å²) in [5, 5.41) is 2.06. The van der Waals surface area contributed by atoms with Crippen molar-refractivity contribution in [3.8, 4) is 0 Å². The van der Waals surface area contributed by atoms with Crippen molar-refractivity contribution >= 4 is 24.7 Å². The van der Waals surface area contributed by atoms with Gasteiger partial charge in [-0.25, -0.2) is 4.39 Å². The molecule has 0 amide bonds. The Morgan fingerprint density at radius 2 is 1.35 bits per heavy atom. The van der Waals surface area contributed by atoms with Crippen LogP contribution in [0.4, 0.5) is 4.39 Å². The third-order valence-electron chi connectivity index (χ3n) is 5.64. The molecule has 0 fully saturated rings. The van der Waals surface area contributed by atoms with Crippen molar-refractivity contribution in [2.75, 3.05) is 13.7 Å². The van der Waals surface area contributed by atoms with Gasteiger partial charge in [0.1, 0.15) is 11.7 Å². The minimum absolute atomic E-state index is 0.144. The van der Waals surface area contributed by atoms with Gasteiger partial charge in [-0.1, -0.05) is 93.6 Å². The van der Waals surface area contributed by atoms with Gasteiger partial charge in [0, 0.05) is 0 Å². The van der Waals surface area contributed by atoms with Gasteiger partial charge in [0.15, 0.2) is 0 Å². The van der Waals surface area contributed by atoms with Crippen LogP contribution in [0.5, 0.6) is 0 Å². The predicted molar refractivity (Wildman–Crippen MR) is 125 cm³/mol. The van der Waals surface area contributed by atoms with E-state index in [1.165, 1.54) is 19.2 Å². The van der Waals surface area contributed by atoms with Crippen LogP contribution < -0.4 is 10.4 Å². The first-order valence-electron chi connectivity index (χ1n) is 10.4. The molecular formula is C26H29FO3Si. The highest BCUT2D eigenvalue weighted by Gasteiger charge is 2.50. The maximum atomic E-state index is 13.5. The SMILES string of the molecule is COC(=O)C(CO[Si](c1ccccc1)(c1ccccc1)C(C)(C)C)c1ccc(F)cc1. The minimum Gasteiger partial charge on any atom is -0.468 e. The first-order chi connectivity index (χ1) is 14.8. The molecule has 3 aromatic rings. The third-order valence-corrected chi connectivity index (χ3v) is 10.6. The van der Waals surface area contributed by atoms with Crippen molar-refractivity contribution < 1.29 is 18.3 Å². The smallest absolute Gasteiger partial charge is 0.315 e. The van der Waals surface area contributed by atoms with E-state index in [-0.39, 0.29) is 17.5 Å². The Labute approximate surface area is 185 Å². The van der Waals surface area contributed by atoms with Crippen LogP contribution in [0, 0.1) is 5.82 Å². The highest BCUT2D eigenvalue weighted by Crippen LogP contribution is 2.37. The zero-order valence-electron chi connectivity index (χ0n) is 18.5. The summed E-state index contributed by atoms with van der Waals surface area (Å²) in [6.07, 6.45) is 0. The van der Waals surface area contributed by atoms with E-state index in [1.54, 1.807) is 12.1 Å². The van der Waals surface area contributed by atoms with Crippen molar-refractivity contribution in [2.24, 2.45) is 0 Å². The molecule has 0 N–H and O–H groups in total. The summed E-state index contributed by atoms with van der Waals surface area (Å²) in [6, 6.07) is 26.4. The molecule has 0 spiro atoms. The van der Waals surface area contributed by atoms with Crippen LogP contribution in [-0.4, -0.2) is 28.0 Å². The van der Waals surface area contributed by atoms with E-state index in [0.717, 1.165) is 10.4 Å². The summed E-state index contributed by atoms with van der Waals surface area (Å²) in [6.45, 7) is 6.70. The molecule has 3 rings (SSSR count). The van der Waals surface area contributed by atoms with Crippen LogP contribution in [0.2, 0.25) is 5.04 Å². The molecule has 1 atom stereocenters. The predicted octanol–water partition coefficient (Wildman–Crippen LogP) is 4.66. The lowest BCUT2D eigenvalue weighted by molar-refractivity contribution is -0.143. The van der Waals surface area contributed by atoms with Crippen molar-refractivity contribution in [3.63, 3.8) is 0 Å². The number of methoxy groups -OCH3 is 1. The van der Waals surface area contributed by atoms with E-state index in [9.17, 15) is 9.18 Å². The van der Waals surface area contributed by atoms with E-state index < -0.39 is 20.2 Å². The minimum atomic E-state index is -2.80. The van der Waals surface area contributed by atoms with Crippen LogP contribution in [0.25, 0.3) is 0 Å².